The molecular formula is C21H27N5O. The monoisotopic (exact) mass is 365 g/mol. The van der Waals surface area contributed by atoms with Gasteiger partial charge in [-0.25, -0.2) is 14.6 Å². The molecule has 142 valence electrons. The molecule has 0 bridgehead atoms. The minimum absolute atomic E-state index is 0.0722. The average molecular weight is 365 g/mol. The largest absolute Gasteiger partial charge is 0.356 e. The van der Waals surface area contributed by atoms with E-state index in [1.54, 1.807) is 4.68 Å². The fourth-order valence-corrected chi connectivity index (χ4v) is 4.40. The number of nitrogens with zero attached hydrogens (tertiary/aromatic N) is 5. The molecule has 2 aliphatic carbocycles. The molecule has 0 spiro atoms. The first-order valence-electron chi connectivity index (χ1n) is 10.4. The minimum atomic E-state index is 0.0722. The highest BCUT2D eigenvalue weighted by Gasteiger charge is 2.28. The van der Waals surface area contributed by atoms with Crippen LogP contribution in [0.4, 0.5) is 5.82 Å². The summed E-state index contributed by atoms with van der Waals surface area (Å²) in [6.07, 6.45) is 10.9. The third-order valence-electron chi connectivity index (χ3n) is 6.25. The van der Waals surface area contributed by atoms with Crippen LogP contribution in [0.1, 0.15) is 61.5 Å². The van der Waals surface area contributed by atoms with Gasteiger partial charge in [-0.05, 0) is 68.9 Å². The molecule has 0 radical (unpaired) electrons. The SMILES string of the molecule is O=c1cc2c(nn1CC1CCN(c3ccnc(C4CC4)n3)CC1)CCCC2. The van der Waals surface area contributed by atoms with Crippen molar-refractivity contribution >= 4 is 5.82 Å². The van der Waals surface area contributed by atoms with E-state index in [2.05, 4.69) is 9.88 Å². The van der Waals surface area contributed by atoms with Crippen molar-refractivity contribution in [3.8, 4) is 0 Å². The van der Waals surface area contributed by atoms with Crippen molar-refractivity contribution < 1.29 is 0 Å². The lowest BCUT2D eigenvalue weighted by atomic mass is 9.96. The van der Waals surface area contributed by atoms with Gasteiger partial charge in [0.25, 0.3) is 5.56 Å². The van der Waals surface area contributed by atoms with Crippen molar-refractivity contribution in [1.82, 2.24) is 19.7 Å². The summed E-state index contributed by atoms with van der Waals surface area (Å²) in [6.45, 7) is 2.73. The predicted molar refractivity (Wildman–Crippen MR) is 104 cm³/mol. The van der Waals surface area contributed by atoms with Crippen LogP contribution in [0, 0.1) is 5.92 Å². The molecule has 27 heavy (non-hydrogen) atoms. The molecule has 2 fully saturated rings. The molecule has 3 heterocycles. The Morgan fingerprint density at radius 3 is 2.70 bits per heavy atom. The first kappa shape index (κ1) is 16.9. The molecule has 2 aromatic rings. The molecular weight excluding hydrogens is 338 g/mol. The Morgan fingerprint density at radius 2 is 1.89 bits per heavy atom. The smallest absolute Gasteiger partial charge is 0.267 e. The van der Waals surface area contributed by atoms with Crippen molar-refractivity contribution in [2.75, 3.05) is 18.0 Å². The zero-order valence-electron chi connectivity index (χ0n) is 15.8. The molecule has 2 aromatic heterocycles. The zero-order valence-corrected chi connectivity index (χ0v) is 15.8. The maximum atomic E-state index is 12.4. The van der Waals surface area contributed by atoms with Crippen LogP contribution in [0.15, 0.2) is 23.1 Å². The standard InChI is InChI=1S/C21H27N5O/c27-20-13-17-3-1-2-4-18(17)24-26(20)14-15-8-11-25(12-9-15)19-7-10-22-21(23-19)16-5-6-16/h7,10,13,15-16H,1-6,8-9,11-12,14H2. The van der Waals surface area contributed by atoms with E-state index < -0.39 is 0 Å². The zero-order chi connectivity index (χ0) is 18.2. The summed E-state index contributed by atoms with van der Waals surface area (Å²) >= 11 is 0. The number of hydrogen-bond acceptors (Lipinski definition) is 5. The number of piperidine rings is 1. The van der Waals surface area contributed by atoms with Gasteiger partial charge in [0.05, 0.1) is 5.69 Å². The van der Waals surface area contributed by atoms with Crippen molar-refractivity contribution in [2.24, 2.45) is 5.92 Å². The predicted octanol–water partition coefficient (Wildman–Crippen LogP) is 2.71. The van der Waals surface area contributed by atoms with Crippen LogP contribution in [-0.2, 0) is 19.4 Å². The summed E-state index contributed by atoms with van der Waals surface area (Å²) in [5.74, 6) is 3.18. The number of aromatic nitrogens is 4. The molecule has 0 N–H and O–H groups in total. The number of fused-ring (bicyclic) bond motifs is 1. The van der Waals surface area contributed by atoms with Crippen LogP contribution in [0.3, 0.4) is 0 Å². The van der Waals surface area contributed by atoms with Gasteiger partial charge in [0.2, 0.25) is 0 Å². The Balaban J connectivity index is 1.23. The number of rotatable bonds is 4. The second kappa shape index (κ2) is 7.06. The molecule has 1 aliphatic heterocycles. The Morgan fingerprint density at radius 1 is 1.07 bits per heavy atom. The Labute approximate surface area is 159 Å². The highest BCUT2D eigenvalue weighted by molar-refractivity contribution is 5.38. The van der Waals surface area contributed by atoms with Crippen LogP contribution in [0.25, 0.3) is 0 Å². The van der Waals surface area contributed by atoms with E-state index in [1.165, 1.54) is 31.2 Å². The Bertz CT molecular complexity index is 880. The van der Waals surface area contributed by atoms with E-state index in [0.717, 1.165) is 62.7 Å². The number of aryl methyl sites for hydroxylation is 2. The summed E-state index contributed by atoms with van der Waals surface area (Å²) in [5, 5.41) is 4.69. The van der Waals surface area contributed by atoms with Crippen LogP contribution in [0.2, 0.25) is 0 Å². The van der Waals surface area contributed by atoms with Gasteiger partial charge in [0, 0.05) is 37.8 Å². The summed E-state index contributed by atoms with van der Waals surface area (Å²) in [6, 6.07) is 3.86. The average Bonchev–Trinajstić information content (AvgIpc) is 3.55. The fourth-order valence-electron chi connectivity index (χ4n) is 4.40. The van der Waals surface area contributed by atoms with Gasteiger partial charge in [-0.2, -0.15) is 5.10 Å². The van der Waals surface area contributed by atoms with Gasteiger partial charge in [-0.1, -0.05) is 0 Å². The van der Waals surface area contributed by atoms with Crippen LogP contribution >= 0.6 is 0 Å². The van der Waals surface area contributed by atoms with E-state index >= 15 is 0 Å². The van der Waals surface area contributed by atoms with E-state index in [1.807, 2.05) is 18.3 Å². The molecule has 0 atom stereocenters. The van der Waals surface area contributed by atoms with E-state index in [-0.39, 0.29) is 5.56 Å². The van der Waals surface area contributed by atoms with Crippen LogP contribution < -0.4 is 10.5 Å². The van der Waals surface area contributed by atoms with Crippen molar-refractivity contribution in [1.29, 1.82) is 0 Å². The quantitative estimate of drug-likeness (QED) is 0.834. The molecule has 6 heteroatoms. The van der Waals surface area contributed by atoms with Gasteiger partial charge in [-0.15, -0.1) is 0 Å². The lowest BCUT2D eigenvalue weighted by Gasteiger charge is -2.33. The molecule has 0 unspecified atom stereocenters. The Hall–Kier alpha value is -2.24. The van der Waals surface area contributed by atoms with Gasteiger partial charge in [0.1, 0.15) is 11.6 Å². The third kappa shape index (κ3) is 3.62. The summed E-state index contributed by atoms with van der Waals surface area (Å²) < 4.78 is 1.72. The molecule has 5 rings (SSSR count). The number of anilines is 1. The maximum Gasteiger partial charge on any atom is 0.267 e. The molecule has 3 aliphatic rings. The summed E-state index contributed by atoms with van der Waals surface area (Å²) in [5.41, 5.74) is 2.39. The Kier molecular flexibility index (Phi) is 4.42. The second-order valence-corrected chi connectivity index (χ2v) is 8.32. The van der Waals surface area contributed by atoms with E-state index in [0.29, 0.717) is 11.8 Å². The third-order valence-corrected chi connectivity index (χ3v) is 6.25. The van der Waals surface area contributed by atoms with Crippen LogP contribution in [0.5, 0.6) is 0 Å². The first-order chi connectivity index (χ1) is 13.3. The van der Waals surface area contributed by atoms with Crippen LogP contribution in [-0.4, -0.2) is 32.8 Å². The van der Waals surface area contributed by atoms with Crippen molar-refractivity contribution in [3.05, 3.63) is 45.8 Å². The molecule has 6 nitrogen and oxygen atoms in total. The molecule has 1 saturated carbocycles. The first-order valence-corrected chi connectivity index (χ1v) is 10.4. The van der Waals surface area contributed by atoms with Gasteiger partial charge < -0.3 is 4.90 Å². The van der Waals surface area contributed by atoms with E-state index in [9.17, 15) is 4.79 Å². The van der Waals surface area contributed by atoms with Gasteiger partial charge in [-0.3, -0.25) is 4.79 Å². The number of hydrogen-bond donors (Lipinski definition) is 0. The van der Waals surface area contributed by atoms with E-state index in [4.69, 9.17) is 10.1 Å². The maximum absolute atomic E-state index is 12.4. The van der Waals surface area contributed by atoms with Crippen molar-refractivity contribution in [3.63, 3.8) is 0 Å². The lowest BCUT2D eigenvalue weighted by molar-refractivity contribution is 0.331. The summed E-state index contributed by atoms with van der Waals surface area (Å²) in [7, 11) is 0. The normalized spacial score (nSPS) is 20.5. The van der Waals surface area contributed by atoms with Gasteiger partial charge in [0.15, 0.2) is 0 Å². The highest BCUT2D eigenvalue weighted by Crippen LogP contribution is 2.38. The highest BCUT2D eigenvalue weighted by atomic mass is 16.1. The molecule has 0 aromatic carbocycles. The fraction of sp³-hybridized carbons (Fsp3) is 0.619. The minimum Gasteiger partial charge on any atom is -0.356 e. The summed E-state index contributed by atoms with van der Waals surface area (Å²) in [4.78, 5) is 24.0. The molecule has 0 amide bonds. The topological polar surface area (TPSA) is 63.9 Å². The van der Waals surface area contributed by atoms with Gasteiger partial charge >= 0.3 is 0 Å². The lowest BCUT2D eigenvalue weighted by Crippen LogP contribution is -2.37. The second-order valence-electron chi connectivity index (χ2n) is 8.32. The molecule has 1 saturated heterocycles. The van der Waals surface area contributed by atoms with Crippen molar-refractivity contribution in [2.45, 2.75) is 63.8 Å².